The SMILES string of the molecule is Cc1cc(/C=c2/c(=O)nc3s/c(=C/C(=O)N4CCCCC4)[nH]n-3c2=N)c(C)n1-c1cccc(Cl)c1. The number of carbonyl (C=O) groups is 1. The smallest absolute Gasteiger partial charge is 0.283 e. The van der Waals surface area contributed by atoms with Gasteiger partial charge in [-0.25, -0.2) is 4.68 Å². The molecule has 1 aromatic heterocycles. The number of H-pyrrole nitrogens is 1. The van der Waals surface area contributed by atoms with E-state index in [1.165, 1.54) is 22.1 Å². The molecule has 0 unspecified atom stereocenters. The van der Waals surface area contributed by atoms with Crippen molar-refractivity contribution in [1.29, 1.82) is 5.41 Å². The van der Waals surface area contributed by atoms with E-state index in [-0.39, 0.29) is 16.6 Å². The molecule has 1 fully saturated rings. The summed E-state index contributed by atoms with van der Waals surface area (Å²) in [4.78, 5) is 31.5. The Morgan fingerprint density at radius 2 is 1.97 bits per heavy atom. The predicted octanol–water partition coefficient (Wildman–Crippen LogP) is 2.22. The standard InChI is InChI=1S/C25H25ClN6O2S/c1-15-11-17(16(2)31(15)19-8-6-7-18(26)13-19)12-20-23(27)32-25(28-24(20)34)35-21(29-32)14-22(33)30-9-4-3-5-10-30/h6-8,11-14,27,29H,3-5,9-10H2,1-2H3/b20-12+,21-14+,27-23?. The maximum atomic E-state index is 12.9. The maximum absolute atomic E-state index is 12.9. The molecule has 5 rings (SSSR count). The van der Waals surface area contributed by atoms with Crippen LogP contribution in [0.25, 0.3) is 23.0 Å². The molecule has 4 heterocycles. The molecular weight excluding hydrogens is 484 g/mol. The van der Waals surface area contributed by atoms with Gasteiger partial charge < -0.3 is 9.47 Å². The van der Waals surface area contributed by atoms with Gasteiger partial charge in [-0.05, 0) is 69.0 Å². The number of halogens is 1. The third-order valence-electron chi connectivity index (χ3n) is 6.28. The molecular formula is C25H25ClN6O2S. The first kappa shape index (κ1) is 23.3. The van der Waals surface area contributed by atoms with Crippen molar-refractivity contribution in [3.05, 3.63) is 78.0 Å². The number of amides is 1. The molecule has 1 saturated heterocycles. The summed E-state index contributed by atoms with van der Waals surface area (Å²) in [6.07, 6.45) is 6.39. The zero-order valence-corrected chi connectivity index (χ0v) is 21.0. The Morgan fingerprint density at radius 3 is 2.71 bits per heavy atom. The van der Waals surface area contributed by atoms with Crippen molar-refractivity contribution in [3.8, 4) is 10.8 Å². The van der Waals surface area contributed by atoms with Crippen LogP contribution in [-0.4, -0.2) is 43.2 Å². The largest absolute Gasteiger partial charge is 0.339 e. The molecule has 0 aliphatic carbocycles. The van der Waals surface area contributed by atoms with Gasteiger partial charge in [-0.15, -0.1) is 0 Å². The van der Waals surface area contributed by atoms with E-state index in [0.29, 0.717) is 14.8 Å². The zero-order chi connectivity index (χ0) is 24.7. The maximum Gasteiger partial charge on any atom is 0.283 e. The van der Waals surface area contributed by atoms with E-state index in [2.05, 4.69) is 14.6 Å². The van der Waals surface area contributed by atoms with Crippen LogP contribution in [-0.2, 0) is 4.79 Å². The molecule has 35 heavy (non-hydrogen) atoms. The van der Waals surface area contributed by atoms with Gasteiger partial charge in [0, 0.05) is 41.3 Å². The van der Waals surface area contributed by atoms with Crippen LogP contribution in [0.2, 0.25) is 5.02 Å². The number of aromatic amines is 1. The quantitative estimate of drug-likeness (QED) is 0.444. The van der Waals surface area contributed by atoms with Crippen LogP contribution in [0.3, 0.4) is 0 Å². The Hall–Kier alpha value is -3.43. The normalized spacial score (nSPS) is 15.3. The van der Waals surface area contributed by atoms with Crippen molar-refractivity contribution in [3.63, 3.8) is 0 Å². The molecule has 10 heteroatoms. The van der Waals surface area contributed by atoms with E-state index in [1.807, 2.05) is 49.1 Å². The summed E-state index contributed by atoms with van der Waals surface area (Å²) in [5.41, 5.74) is 3.15. The topological polar surface area (TPSA) is 99.8 Å². The lowest BCUT2D eigenvalue weighted by atomic mass is 10.1. The Kier molecular flexibility index (Phi) is 6.21. The van der Waals surface area contributed by atoms with E-state index >= 15 is 0 Å². The fourth-order valence-corrected chi connectivity index (χ4v) is 5.56. The van der Waals surface area contributed by atoms with Gasteiger partial charge in [0.15, 0.2) is 5.49 Å². The van der Waals surface area contributed by atoms with Gasteiger partial charge in [-0.3, -0.25) is 20.1 Å². The molecule has 2 N–H and O–H groups in total. The van der Waals surface area contributed by atoms with E-state index in [4.69, 9.17) is 17.0 Å². The minimum absolute atomic E-state index is 0.00567. The number of aryl methyl sites for hydroxylation is 1. The van der Waals surface area contributed by atoms with Crippen molar-refractivity contribution in [1.82, 2.24) is 24.2 Å². The predicted molar refractivity (Wildman–Crippen MR) is 137 cm³/mol. The van der Waals surface area contributed by atoms with Crippen LogP contribution < -0.4 is 20.9 Å². The minimum atomic E-state index is -0.480. The van der Waals surface area contributed by atoms with Crippen LogP contribution in [0, 0.1) is 19.3 Å². The molecule has 3 aliphatic heterocycles. The summed E-state index contributed by atoms with van der Waals surface area (Å²) in [5, 5.41) is 12.9. The lowest BCUT2D eigenvalue weighted by Crippen LogP contribution is -2.47. The monoisotopic (exact) mass is 508 g/mol. The summed E-state index contributed by atoms with van der Waals surface area (Å²) >= 11 is 7.37. The van der Waals surface area contributed by atoms with E-state index in [9.17, 15) is 9.59 Å². The van der Waals surface area contributed by atoms with Crippen molar-refractivity contribution >= 4 is 41.0 Å². The summed E-state index contributed by atoms with van der Waals surface area (Å²) < 4.78 is 4.06. The van der Waals surface area contributed by atoms with Gasteiger partial charge in [0.05, 0.1) is 5.22 Å². The summed E-state index contributed by atoms with van der Waals surface area (Å²) in [7, 11) is 0. The Morgan fingerprint density at radius 1 is 1.20 bits per heavy atom. The zero-order valence-electron chi connectivity index (χ0n) is 19.5. The van der Waals surface area contributed by atoms with Crippen LogP contribution in [0.5, 0.6) is 0 Å². The number of carbonyl (C=O) groups excluding carboxylic acids is 1. The van der Waals surface area contributed by atoms with E-state index < -0.39 is 5.56 Å². The van der Waals surface area contributed by atoms with Crippen molar-refractivity contribution in [2.45, 2.75) is 33.1 Å². The van der Waals surface area contributed by atoms with Crippen LogP contribution in [0.4, 0.5) is 0 Å². The number of piperidine rings is 1. The molecule has 0 spiro atoms. The van der Waals surface area contributed by atoms with Gasteiger partial charge in [-0.1, -0.05) is 29.0 Å². The van der Waals surface area contributed by atoms with Gasteiger partial charge in [0.1, 0.15) is 4.66 Å². The lowest BCUT2D eigenvalue weighted by Gasteiger charge is -2.25. The van der Waals surface area contributed by atoms with Crippen molar-refractivity contribution in [2.24, 2.45) is 0 Å². The van der Waals surface area contributed by atoms with E-state index in [1.54, 1.807) is 6.08 Å². The number of likely N-dealkylation sites (tertiary alicyclic amines) is 1. The Labute approximate surface area is 210 Å². The number of nitrogens with zero attached hydrogens (tertiary/aromatic N) is 4. The van der Waals surface area contributed by atoms with Gasteiger partial charge in [0.25, 0.3) is 5.56 Å². The molecule has 0 atom stereocenters. The molecule has 8 nitrogen and oxygen atoms in total. The Bertz CT molecular complexity index is 1640. The molecule has 2 aromatic rings. The van der Waals surface area contributed by atoms with Gasteiger partial charge >= 0.3 is 0 Å². The number of rotatable bonds is 3. The number of fused-ring (bicyclic) bond motifs is 1. The highest BCUT2D eigenvalue weighted by atomic mass is 35.5. The molecule has 180 valence electrons. The molecule has 3 aliphatic rings. The highest BCUT2D eigenvalue weighted by Crippen LogP contribution is 2.23. The molecule has 0 bridgehead atoms. The highest BCUT2D eigenvalue weighted by Gasteiger charge is 2.16. The van der Waals surface area contributed by atoms with Crippen LogP contribution >= 0.6 is 22.9 Å². The highest BCUT2D eigenvalue weighted by molar-refractivity contribution is 7.11. The summed E-state index contributed by atoms with van der Waals surface area (Å²) in [6.45, 7) is 5.46. The molecule has 0 saturated carbocycles. The molecule has 1 aromatic carbocycles. The number of hydrogen-bond donors (Lipinski definition) is 2. The first-order valence-electron chi connectivity index (χ1n) is 11.5. The van der Waals surface area contributed by atoms with Gasteiger partial charge in [-0.2, -0.15) is 4.98 Å². The number of nitrogens with one attached hydrogen (secondary N) is 2. The lowest BCUT2D eigenvalue weighted by molar-refractivity contribution is -0.125. The average molecular weight is 509 g/mol. The number of hydrogen-bond acceptors (Lipinski definition) is 5. The summed E-state index contributed by atoms with van der Waals surface area (Å²) in [6, 6.07) is 9.54. The fraction of sp³-hybridized carbons (Fsp3) is 0.280. The van der Waals surface area contributed by atoms with Crippen LogP contribution in [0.1, 0.15) is 36.2 Å². The first-order chi connectivity index (χ1) is 16.8. The Balaban J connectivity index is 1.59. The fourth-order valence-electron chi connectivity index (χ4n) is 4.53. The number of aromatic nitrogens is 4. The first-order valence-corrected chi connectivity index (χ1v) is 12.6. The second kappa shape index (κ2) is 9.31. The third-order valence-corrected chi connectivity index (χ3v) is 7.40. The average Bonchev–Trinajstić information content (AvgIpc) is 3.36. The number of benzene rings is 1. The molecule has 1 amide bonds. The van der Waals surface area contributed by atoms with Crippen molar-refractivity contribution < 1.29 is 4.79 Å². The third kappa shape index (κ3) is 4.49. The van der Waals surface area contributed by atoms with Crippen molar-refractivity contribution in [2.75, 3.05) is 13.1 Å². The van der Waals surface area contributed by atoms with Gasteiger partial charge in [0.2, 0.25) is 11.0 Å². The minimum Gasteiger partial charge on any atom is -0.339 e. The summed E-state index contributed by atoms with van der Waals surface area (Å²) in [5.74, 6) is -0.0674. The van der Waals surface area contributed by atoms with Crippen LogP contribution in [0.15, 0.2) is 35.1 Å². The molecule has 0 radical (unpaired) electrons. The second-order valence-electron chi connectivity index (χ2n) is 8.69. The van der Waals surface area contributed by atoms with E-state index in [0.717, 1.165) is 55.0 Å². The second-order valence-corrected chi connectivity index (χ2v) is 10.1.